The van der Waals surface area contributed by atoms with Gasteiger partial charge in [0.2, 0.25) is 10.0 Å². The lowest BCUT2D eigenvalue weighted by atomic mass is 10.1. The lowest BCUT2D eigenvalue weighted by Gasteiger charge is -2.15. The number of imide groups is 1. The van der Waals surface area contributed by atoms with Crippen LogP contribution in [-0.4, -0.2) is 59.6 Å². The van der Waals surface area contributed by atoms with Gasteiger partial charge in [-0.15, -0.1) is 0 Å². The molecule has 3 rings (SSSR count). The zero-order valence-electron chi connectivity index (χ0n) is 15.9. The van der Waals surface area contributed by atoms with E-state index < -0.39 is 57.3 Å². The molecule has 0 atom stereocenters. The lowest BCUT2D eigenvalue weighted by molar-refractivity contribution is 0.0656. The van der Waals surface area contributed by atoms with Gasteiger partial charge in [-0.3, -0.25) is 19.2 Å². The second-order valence-electron chi connectivity index (χ2n) is 6.56. The molecule has 33 heavy (non-hydrogen) atoms. The number of nitrogens with zero attached hydrogens (tertiary/aromatic N) is 1. The number of carboxylic acid groups (broad SMARTS) is 2. The van der Waals surface area contributed by atoms with Crippen LogP contribution in [0.5, 0.6) is 0 Å². The Morgan fingerprint density at radius 1 is 0.879 bits per heavy atom. The number of sulfonamides is 1. The average molecular weight is 556 g/mol. The Kier molecular flexibility index (Phi) is 6.83. The highest BCUT2D eigenvalue weighted by Crippen LogP contribution is 2.44. The maximum atomic E-state index is 12.7. The number of halogens is 4. The number of benzene rings is 2. The molecule has 0 fully saturated rings. The Balaban J connectivity index is 1.84. The fraction of sp³-hybridized carbons (Fsp3) is 0.111. The molecule has 2 aromatic rings. The van der Waals surface area contributed by atoms with Crippen LogP contribution < -0.4 is 4.72 Å². The molecule has 3 N–H and O–H groups in total. The average Bonchev–Trinajstić information content (AvgIpc) is 2.98. The fourth-order valence-electron chi connectivity index (χ4n) is 2.97. The Morgan fingerprint density at radius 3 is 1.85 bits per heavy atom. The second kappa shape index (κ2) is 8.99. The van der Waals surface area contributed by atoms with Crippen molar-refractivity contribution in [3.63, 3.8) is 0 Å². The third-order valence-corrected chi connectivity index (χ3v) is 7.58. The first-order valence-corrected chi connectivity index (χ1v) is 11.8. The second-order valence-corrected chi connectivity index (χ2v) is 9.91. The first-order chi connectivity index (χ1) is 15.3. The Morgan fingerprint density at radius 2 is 1.39 bits per heavy atom. The summed E-state index contributed by atoms with van der Waals surface area (Å²) in [5, 5.41) is 17.1. The van der Waals surface area contributed by atoms with Crippen LogP contribution in [0.3, 0.4) is 0 Å². The van der Waals surface area contributed by atoms with Crippen LogP contribution in [0.15, 0.2) is 18.2 Å². The van der Waals surface area contributed by atoms with Crippen LogP contribution in [0.2, 0.25) is 20.1 Å². The fourth-order valence-corrected chi connectivity index (χ4v) is 5.02. The summed E-state index contributed by atoms with van der Waals surface area (Å²) in [7, 11) is -4.31. The number of fused-ring (bicyclic) bond motifs is 1. The van der Waals surface area contributed by atoms with Gasteiger partial charge in [-0.25, -0.2) is 18.0 Å². The SMILES string of the molecule is O=C(O)c1ccc(NS(=O)(=O)CCN2C(=O)c3c(Cl)c(Cl)c(Cl)c(Cl)c3C2=O)c(C(=O)O)c1. The topological polar surface area (TPSA) is 158 Å². The molecule has 0 saturated heterocycles. The molecule has 2 aromatic carbocycles. The molecule has 2 amide bonds. The highest BCUT2D eigenvalue weighted by atomic mass is 35.5. The van der Waals surface area contributed by atoms with Crippen LogP contribution in [-0.2, 0) is 10.0 Å². The molecule has 1 aliphatic rings. The van der Waals surface area contributed by atoms with Gasteiger partial charge in [-0.2, -0.15) is 0 Å². The van der Waals surface area contributed by atoms with Gasteiger partial charge in [0.25, 0.3) is 11.8 Å². The molecule has 1 aliphatic heterocycles. The van der Waals surface area contributed by atoms with Gasteiger partial charge >= 0.3 is 11.9 Å². The van der Waals surface area contributed by atoms with Crippen molar-refractivity contribution < 1.29 is 37.8 Å². The molecule has 0 unspecified atom stereocenters. The van der Waals surface area contributed by atoms with Crippen LogP contribution in [0.4, 0.5) is 5.69 Å². The van der Waals surface area contributed by atoms with Crippen LogP contribution >= 0.6 is 46.4 Å². The standard InChI is InChI=1S/C18H10Cl4N2O8S/c19-11-9-10(12(20)14(22)13(11)21)16(26)24(15(9)25)3-4-33(31,32)23-8-2-1-6(17(27)28)5-7(8)18(29)30/h1-2,5,23H,3-4H2,(H,27,28)(H,29,30). The molecular weight excluding hydrogens is 546 g/mol. The predicted octanol–water partition coefficient (Wildman–Crippen LogP) is 3.73. The maximum Gasteiger partial charge on any atom is 0.337 e. The van der Waals surface area contributed by atoms with Crippen LogP contribution in [0.25, 0.3) is 0 Å². The van der Waals surface area contributed by atoms with Crippen molar-refractivity contribution in [1.29, 1.82) is 0 Å². The van der Waals surface area contributed by atoms with Gasteiger partial charge in [0.05, 0.1) is 53.8 Å². The summed E-state index contributed by atoms with van der Waals surface area (Å²) in [6, 6.07) is 2.76. The van der Waals surface area contributed by atoms with Crippen molar-refractivity contribution in [3.05, 3.63) is 60.5 Å². The van der Waals surface area contributed by atoms with E-state index in [1.807, 2.05) is 4.72 Å². The number of anilines is 1. The van der Waals surface area contributed by atoms with E-state index in [2.05, 4.69) is 0 Å². The van der Waals surface area contributed by atoms with E-state index in [1.54, 1.807) is 0 Å². The zero-order valence-corrected chi connectivity index (χ0v) is 19.7. The molecule has 0 spiro atoms. The number of hydrogen-bond donors (Lipinski definition) is 3. The summed E-state index contributed by atoms with van der Waals surface area (Å²) < 4.78 is 27.0. The number of nitrogens with one attached hydrogen (secondary N) is 1. The number of hydrogen-bond acceptors (Lipinski definition) is 6. The van der Waals surface area contributed by atoms with Gasteiger partial charge < -0.3 is 10.2 Å². The lowest BCUT2D eigenvalue weighted by Crippen LogP contribution is -2.35. The molecular formula is C18H10Cl4N2O8S. The summed E-state index contributed by atoms with van der Waals surface area (Å²) in [6.07, 6.45) is 0. The summed E-state index contributed by atoms with van der Waals surface area (Å²) in [5.41, 5.74) is -2.01. The molecule has 0 radical (unpaired) electrons. The van der Waals surface area contributed by atoms with Crippen molar-refractivity contribution in [2.45, 2.75) is 0 Å². The monoisotopic (exact) mass is 554 g/mol. The van der Waals surface area contributed by atoms with E-state index in [1.165, 1.54) is 0 Å². The highest BCUT2D eigenvalue weighted by molar-refractivity contribution is 7.92. The molecule has 174 valence electrons. The van der Waals surface area contributed by atoms with Crippen LogP contribution in [0, 0.1) is 0 Å². The minimum absolute atomic E-state index is 0.245. The van der Waals surface area contributed by atoms with E-state index in [-0.39, 0.29) is 36.8 Å². The van der Waals surface area contributed by atoms with Gasteiger partial charge in [0, 0.05) is 6.54 Å². The zero-order chi connectivity index (χ0) is 24.8. The van der Waals surface area contributed by atoms with Crippen molar-refractivity contribution in [1.82, 2.24) is 4.90 Å². The normalized spacial score (nSPS) is 13.3. The third kappa shape index (κ3) is 4.59. The van der Waals surface area contributed by atoms with Crippen LogP contribution in [0.1, 0.15) is 41.4 Å². The number of carbonyl (C=O) groups excluding carboxylic acids is 2. The Hall–Kier alpha value is -2.57. The minimum atomic E-state index is -4.31. The van der Waals surface area contributed by atoms with Crippen molar-refractivity contribution in [2.75, 3.05) is 17.0 Å². The van der Waals surface area contributed by atoms with E-state index in [0.717, 1.165) is 18.2 Å². The Bertz CT molecular complexity index is 1310. The van der Waals surface area contributed by atoms with Crippen molar-refractivity contribution in [2.24, 2.45) is 0 Å². The summed E-state index contributed by atoms with van der Waals surface area (Å²) in [6.45, 7) is -0.640. The molecule has 0 aromatic heterocycles. The van der Waals surface area contributed by atoms with Gasteiger partial charge in [0.1, 0.15) is 0 Å². The Labute approximate surface area is 205 Å². The molecule has 10 nitrogen and oxygen atoms in total. The molecule has 1 heterocycles. The van der Waals surface area contributed by atoms with Gasteiger partial charge in [0.15, 0.2) is 0 Å². The summed E-state index contributed by atoms with van der Waals surface area (Å²) in [5.74, 6) is -5.68. The summed E-state index contributed by atoms with van der Waals surface area (Å²) in [4.78, 5) is 48.4. The molecule has 0 saturated carbocycles. The van der Waals surface area contributed by atoms with Gasteiger partial charge in [-0.1, -0.05) is 46.4 Å². The van der Waals surface area contributed by atoms with E-state index in [0.29, 0.717) is 4.90 Å². The third-order valence-electron chi connectivity index (χ3n) is 4.53. The first-order valence-electron chi connectivity index (χ1n) is 8.60. The smallest absolute Gasteiger partial charge is 0.337 e. The van der Waals surface area contributed by atoms with Crippen molar-refractivity contribution in [3.8, 4) is 0 Å². The number of carbonyl (C=O) groups is 4. The number of rotatable bonds is 7. The first kappa shape index (κ1) is 25.1. The number of amides is 2. The highest BCUT2D eigenvalue weighted by Gasteiger charge is 2.41. The van der Waals surface area contributed by atoms with Crippen molar-refractivity contribution >= 4 is 85.9 Å². The largest absolute Gasteiger partial charge is 0.478 e. The molecule has 0 aliphatic carbocycles. The van der Waals surface area contributed by atoms with E-state index >= 15 is 0 Å². The van der Waals surface area contributed by atoms with E-state index in [9.17, 15) is 32.7 Å². The summed E-state index contributed by atoms with van der Waals surface area (Å²) >= 11 is 23.9. The van der Waals surface area contributed by atoms with Gasteiger partial charge in [-0.05, 0) is 18.2 Å². The molecule has 15 heteroatoms. The number of carboxylic acids is 2. The minimum Gasteiger partial charge on any atom is -0.478 e. The quantitative estimate of drug-likeness (QED) is 0.265. The number of aromatic carboxylic acids is 2. The predicted molar refractivity (Wildman–Crippen MR) is 120 cm³/mol. The molecule has 0 bridgehead atoms. The maximum absolute atomic E-state index is 12.7. The van der Waals surface area contributed by atoms with E-state index in [4.69, 9.17) is 51.5 Å².